The zero-order chi connectivity index (χ0) is 12.6. The maximum absolute atomic E-state index is 10.9. The van der Waals surface area contributed by atoms with Crippen LogP contribution in [0.25, 0.3) is 0 Å². The van der Waals surface area contributed by atoms with Crippen LogP contribution in [0.15, 0.2) is 18.2 Å². The van der Waals surface area contributed by atoms with Crippen molar-refractivity contribution < 1.29 is 15.0 Å². The van der Waals surface area contributed by atoms with Gasteiger partial charge >= 0.3 is 5.97 Å². The SMILES string of the molecule is CC(C)c1cccc(C2(CC(=O)O)CC2)c1O. The Labute approximate surface area is 101 Å². The molecule has 1 fully saturated rings. The highest BCUT2D eigenvalue weighted by Crippen LogP contribution is 2.54. The van der Waals surface area contributed by atoms with E-state index in [4.69, 9.17) is 5.11 Å². The molecule has 0 spiro atoms. The standard InChI is InChI=1S/C14H18O3/c1-9(2)10-4-3-5-11(13(10)17)14(6-7-14)8-12(15)16/h3-5,9,17H,6-8H2,1-2H3,(H,15,16). The van der Waals surface area contributed by atoms with Crippen LogP contribution in [0.5, 0.6) is 5.75 Å². The first-order valence-corrected chi connectivity index (χ1v) is 6.00. The predicted octanol–water partition coefficient (Wildman–Crippen LogP) is 3.02. The van der Waals surface area contributed by atoms with Gasteiger partial charge in [0.15, 0.2) is 0 Å². The minimum absolute atomic E-state index is 0.113. The van der Waals surface area contributed by atoms with Gasteiger partial charge in [0.2, 0.25) is 0 Å². The molecular formula is C14H18O3. The van der Waals surface area contributed by atoms with E-state index in [1.165, 1.54) is 0 Å². The molecule has 2 rings (SSSR count). The minimum Gasteiger partial charge on any atom is -0.507 e. The fourth-order valence-corrected chi connectivity index (χ4v) is 2.44. The summed E-state index contributed by atoms with van der Waals surface area (Å²) in [5.41, 5.74) is 1.39. The molecule has 3 nitrogen and oxygen atoms in total. The van der Waals surface area contributed by atoms with Crippen LogP contribution in [0.2, 0.25) is 0 Å². The summed E-state index contributed by atoms with van der Waals surface area (Å²) in [6.07, 6.45) is 1.82. The van der Waals surface area contributed by atoms with Crippen molar-refractivity contribution in [3.05, 3.63) is 29.3 Å². The third kappa shape index (κ3) is 2.14. The van der Waals surface area contributed by atoms with Crippen LogP contribution in [0.1, 0.15) is 50.2 Å². The monoisotopic (exact) mass is 234 g/mol. The van der Waals surface area contributed by atoms with Gasteiger partial charge in [-0.2, -0.15) is 0 Å². The van der Waals surface area contributed by atoms with Crippen molar-refractivity contribution in [2.24, 2.45) is 0 Å². The second kappa shape index (κ2) is 4.06. The molecule has 0 radical (unpaired) electrons. The molecule has 92 valence electrons. The van der Waals surface area contributed by atoms with Gasteiger partial charge in [-0.25, -0.2) is 0 Å². The van der Waals surface area contributed by atoms with Crippen LogP contribution in [0, 0.1) is 0 Å². The fraction of sp³-hybridized carbons (Fsp3) is 0.500. The summed E-state index contributed by atoms with van der Waals surface area (Å²) >= 11 is 0. The smallest absolute Gasteiger partial charge is 0.304 e. The number of carboxylic acid groups (broad SMARTS) is 1. The third-order valence-electron chi connectivity index (χ3n) is 3.60. The number of phenols is 1. The Hall–Kier alpha value is -1.51. The number of aromatic hydroxyl groups is 1. The fourth-order valence-electron chi connectivity index (χ4n) is 2.44. The lowest BCUT2D eigenvalue weighted by molar-refractivity contribution is -0.137. The molecule has 0 aliphatic heterocycles. The highest BCUT2D eigenvalue weighted by molar-refractivity contribution is 5.70. The van der Waals surface area contributed by atoms with Gasteiger partial charge in [0.05, 0.1) is 6.42 Å². The van der Waals surface area contributed by atoms with Gasteiger partial charge in [0.25, 0.3) is 0 Å². The lowest BCUT2D eigenvalue weighted by atomic mass is 9.88. The van der Waals surface area contributed by atoms with Gasteiger partial charge in [-0.05, 0) is 24.3 Å². The predicted molar refractivity (Wildman–Crippen MR) is 65.4 cm³/mol. The molecule has 0 bridgehead atoms. The molecule has 1 aromatic carbocycles. The van der Waals surface area contributed by atoms with E-state index in [0.29, 0.717) is 5.75 Å². The molecule has 0 unspecified atom stereocenters. The summed E-state index contributed by atoms with van der Waals surface area (Å²) in [5, 5.41) is 19.2. The van der Waals surface area contributed by atoms with E-state index in [0.717, 1.165) is 24.0 Å². The third-order valence-corrected chi connectivity index (χ3v) is 3.60. The zero-order valence-corrected chi connectivity index (χ0v) is 10.2. The zero-order valence-electron chi connectivity index (χ0n) is 10.2. The highest BCUT2D eigenvalue weighted by atomic mass is 16.4. The summed E-state index contributed by atoms with van der Waals surface area (Å²) in [5.74, 6) is -0.256. The van der Waals surface area contributed by atoms with Crippen molar-refractivity contribution in [2.45, 2.75) is 44.4 Å². The van der Waals surface area contributed by atoms with Crippen LogP contribution in [-0.2, 0) is 10.2 Å². The number of rotatable bonds is 4. The average molecular weight is 234 g/mol. The number of carboxylic acids is 1. The molecule has 1 aliphatic carbocycles. The first-order valence-electron chi connectivity index (χ1n) is 6.00. The lowest BCUT2D eigenvalue weighted by Crippen LogP contribution is -2.13. The van der Waals surface area contributed by atoms with Crippen molar-refractivity contribution in [1.82, 2.24) is 0 Å². The largest absolute Gasteiger partial charge is 0.507 e. The molecule has 1 aromatic rings. The van der Waals surface area contributed by atoms with Gasteiger partial charge in [0.1, 0.15) is 5.75 Å². The van der Waals surface area contributed by atoms with Gasteiger partial charge < -0.3 is 10.2 Å². The molecular weight excluding hydrogens is 216 g/mol. The van der Waals surface area contributed by atoms with E-state index >= 15 is 0 Å². The summed E-state index contributed by atoms with van der Waals surface area (Å²) < 4.78 is 0. The quantitative estimate of drug-likeness (QED) is 0.841. The molecule has 3 heteroatoms. The Morgan fingerprint density at radius 1 is 1.41 bits per heavy atom. The van der Waals surface area contributed by atoms with Gasteiger partial charge in [-0.15, -0.1) is 0 Å². The molecule has 0 amide bonds. The minimum atomic E-state index is -0.795. The summed E-state index contributed by atoms with van der Waals surface area (Å²) in [7, 11) is 0. The Kier molecular flexibility index (Phi) is 2.86. The summed E-state index contributed by atoms with van der Waals surface area (Å²) in [6.45, 7) is 4.05. The normalized spacial score (nSPS) is 17.1. The lowest BCUT2D eigenvalue weighted by Gasteiger charge is -2.18. The molecule has 0 heterocycles. The first kappa shape index (κ1) is 12.0. The molecule has 0 aromatic heterocycles. The van der Waals surface area contributed by atoms with Gasteiger partial charge in [-0.1, -0.05) is 32.0 Å². The molecule has 17 heavy (non-hydrogen) atoms. The van der Waals surface area contributed by atoms with E-state index in [2.05, 4.69) is 0 Å². The highest BCUT2D eigenvalue weighted by Gasteiger charge is 2.47. The summed E-state index contributed by atoms with van der Waals surface area (Å²) in [6, 6.07) is 5.67. The van der Waals surface area contributed by atoms with Crippen LogP contribution >= 0.6 is 0 Å². The van der Waals surface area contributed by atoms with Gasteiger partial charge in [0, 0.05) is 11.0 Å². The summed E-state index contributed by atoms with van der Waals surface area (Å²) in [4.78, 5) is 10.9. The van der Waals surface area contributed by atoms with E-state index < -0.39 is 5.97 Å². The topological polar surface area (TPSA) is 57.5 Å². The van der Waals surface area contributed by atoms with Gasteiger partial charge in [-0.3, -0.25) is 4.79 Å². The Balaban J connectivity index is 2.40. The second-order valence-corrected chi connectivity index (χ2v) is 5.25. The first-order chi connectivity index (χ1) is 7.96. The maximum atomic E-state index is 10.9. The number of phenolic OH excluding ortho intramolecular Hbond substituents is 1. The second-order valence-electron chi connectivity index (χ2n) is 5.25. The molecule has 0 atom stereocenters. The van der Waals surface area contributed by atoms with Crippen LogP contribution in [-0.4, -0.2) is 16.2 Å². The number of benzene rings is 1. The Morgan fingerprint density at radius 3 is 2.53 bits per heavy atom. The van der Waals surface area contributed by atoms with Crippen molar-refractivity contribution >= 4 is 5.97 Å². The Morgan fingerprint density at radius 2 is 2.06 bits per heavy atom. The number of hydrogen-bond acceptors (Lipinski definition) is 2. The van der Waals surface area contributed by atoms with Crippen molar-refractivity contribution in [3.8, 4) is 5.75 Å². The van der Waals surface area contributed by atoms with Crippen molar-refractivity contribution in [1.29, 1.82) is 0 Å². The molecule has 0 saturated heterocycles. The number of carbonyl (C=O) groups is 1. The van der Waals surface area contributed by atoms with Crippen LogP contribution < -0.4 is 0 Å². The number of para-hydroxylation sites is 1. The van der Waals surface area contributed by atoms with Crippen molar-refractivity contribution in [3.63, 3.8) is 0 Å². The number of hydrogen-bond donors (Lipinski definition) is 2. The van der Waals surface area contributed by atoms with E-state index in [1.54, 1.807) is 0 Å². The molecule has 2 N–H and O–H groups in total. The van der Waals surface area contributed by atoms with E-state index in [-0.39, 0.29) is 17.8 Å². The van der Waals surface area contributed by atoms with Crippen molar-refractivity contribution in [2.75, 3.05) is 0 Å². The van der Waals surface area contributed by atoms with Crippen LogP contribution in [0.3, 0.4) is 0 Å². The van der Waals surface area contributed by atoms with E-state index in [1.807, 2.05) is 32.0 Å². The number of aliphatic carboxylic acids is 1. The van der Waals surface area contributed by atoms with E-state index in [9.17, 15) is 9.90 Å². The Bertz CT molecular complexity index is 445. The molecule has 1 aliphatic rings. The van der Waals surface area contributed by atoms with Crippen LogP contribution in [0.4, 0.5) is 0 Å². The molecule has 1 saturated carbocycles. The maximum Gasteiger partial charge on any atom is 0.304 e. The average Bonchev–Trinajstić information content (AvgIpc) is 2.97.